The maximum absolute atomic E-state index is 9.90. The van der Waals surface area contributed by atoms with E-state index in [9.17, 15) is 9.59 Å². The lowest BCUT2D eigenvalue weighted by Gasteiger charge is -1.92. The predicted octanol–water partition coefficient (Wildman–Crippen LogP) is 2.04. The maximum Gasteiger partial charge on any atom is 0.240 e. The number of carbonyl (C=O) groups excluding carboxylic acids is 2. The van der Waals surface area contributed by atoms with Gasteiger partial charge in [-0.25, -0.2) is 9.59 Å². The van der Waals surface area contributed by atoms with Gasteiger partial charge < -0.3 is 0 Å². The van der Waals surface area contributed by atoms with E-state index in [1.807, 2.05) is 0 Å². The van der Waals surface area contributed by atoms with E-state index < -0.39 is 0 Å². The molecule has 0 aliphatic rings. The predicted molar refractivity (Wildman–Crippen MR) is 49.3 cm³/mol. The molecule has 0 aliphatic heterocycles. The van der Waals surface area contributed by atoms with E-state index in [0.29, 0.717) is 11.4 Å². The Hall–Kier alpha value is -1.73. The van der Waals surface area contributed by atoms with Crippen molar-refractivity contribution in [3.63, 3.8) is 0 Å². The van der Waals surface area contributed by atoms with Crippen LogP contribution in [-0.2, 0) is 9.59 Å². The molecule has 0 atom stereocenters. The van der Waals surface area contributed by atoms with Crippen molar-refractivity contribution in [2.45, 2.75) is 0 Å². The molecule has 0 heterocycles. The topological polar surface area (TPSA) is 58.9 Å². The summed E-state index contributed by atoms with van der Waals surface area (Å²) in [5.41, 5.74) is 0.631. The lowest BCUT2D eigenvalue weighted by molar-refractivity contribution is 0.564. The Morgan fingerprint density at radius 3 is 1.62 bits per heavy atom. The molecule has 1 rings (SSSR count). The molecule has 0 unspecified atom stereocenters. The first-order valence-corrected chi connectivity index (χ1v) is 3.13. The van der Waals surface area contributed by atoms with Crippen LogP contribution in [0.5, 0.6) is 0 Å². The number of nitrogens with zero attached hydrogens (tertiary/aromatic N) is 2. The summed E-state index contributed by atoms with van der Waals surface area (Å²) >= 11 is 0. The third-order valence-corrected chi connectivity index (χ3v) is 1.21. The summed E-state index contributed by atoms with van der Waals surface area (Å²) in [6.45, 7) is 0. The van der Waals surface area contributed by atoms with Gasteiger partial charge >= 0.3 is 0 Å². The average molecular weight is 197 g/mol. The number of hydrogen-bond acceptors (Lipinski definition) is 4. The van der Waals surface area contributed by atoms with E-state index >= 15 is 0 Å². The van der Waals surface area contributed by atoms with Gasteiger partial charge in [0.25, 0.3) is 0 Å². The first-order valence-electron chi connectivity index (χ1n) is 3.13. The number of hydrogen-bond donors (Lipinski definition) is 0. The van der Waals surface area contributed by atoms with Gasteiger partial charge in [-0.2, -0.15) is 9.98 Å². The second-order valence-corrected chi connectivity index (χ2v) is 1.89. The van der Waals surface area contributed by atoms with Crippen LogP contribution in [0.3, 0.4) is 0 Å². The lowest BCUT2D eigenvalue weighted by atomic mass is 10.3. The van der Waals surface area contributed by atoms with Crippen molar-refractivity contribution in [3.05, 3.63) is 24.3 Å². The number of isocyanates is 2. The van der Waals surface area contributed by atoms with Crippen LogP contribution in [0.2, 0.25) is 0 Å². The second-order valence-electron chi connectivity index (χ2n) is 1.89. The van der Waals surface area contributed by atoms with Gasteiger partial charge in [0.15, 0.2) is 0 Å². The first kappa shape index (κ1) is 11.3. The average Bonchev–Trinajstić information content (AvgIpc) is 2.09. The fourth-order valence-electron chi connectivity index (χ4n) is 0.752. The SMILES string of the molecule is Cl.O=C=Nc1ccccc1N=C=O. The molecule has 0 spiro atoms. The zero-order chi connectivity index (χ0) is 8.81. The Bertz CT molecular complexity index is 342. The Kier molecular flexibility index (Phi) is 5.08. The van der Waals surface area contributed by atoms with Crippen LogP contribution in [0.4, 0.5) is 11.4 Å². The molecule has 1 aromatic carbocycles. The smallest absolute Gasteiger partial charge is 0.211 e. The first-order chi connectivity index (χ1) is 5.88. The standard InChI is InChI=1S/C8H4N2O2.ClH/c11-5-9-7-3-1-2-4-8(7)10-6-12;/h1-4H;1H. The van der Waals surface area contributed by atoms with Crippen molar-refractivity contribution in [3.8, 4) is 0 Å². The summed E-state index contributed by atoms with van der Waals surface area (Å²) < 4.78 is 0. The van der Waals surface area contributed by atoms with Crippen LogP contribution in [-0.4, -0.2) is 12.2 Å². The van der Waals surface area contributed by atoms with E-state index in [1.54, 1.807) is 24.3 Å². The Balaban J connectivity index is 0.00000144. The van der Waals surface area contributed by atoms with Crippen molar-refractivity contribution < 1.29 is 9.59 Å². The minimum atomic E-state index is 0. The van der Waals surface area contributed by atoms with E-state index in [4.69, 9.17) is 0 Å². The highest BCUT2D eigenvalue weighted by molar-refractivity contribution is 5.85. The van der Waals surface area contributed by atoms with E-state index in [0.717, 1.165) is 0 Å². The fraction of sp³-hybridized carbons (Fsp3) is 0. The minimum Gasteiger partial charge on any atom is -0.211 e. The van der Waals surface area contributed by atoms with Gasteiger partial charge in [-0.15, -0.1) is 12.4 Å². The molecule has 0 bridgehead atoms. The Morgan fingerprint density at radius 1 is 0.923 bits per heavy atom. The number of aliphatic imine (C=N–C) groups is 2. The van der Waals surface area contributed by atoms with Gasteiger partial charge in [0.05, 0.1) is 0 Å². The van der Waals surface area contributed by atoms with Crippen LogP contribution in [0.25, 0.3) is 0 Å². The quantitative estimate of drug-likeness (QED) is 0.537. The molecular weight excluding hydrogens is 192 g/mol. The molecule has 0 amide bonds. The molecule has 4 nitrogen and oxygen atoms in total. The van der Waals surface area contributed by atoms with Crippen molar-refractivity contribution in [2.75, 3.05) is 0 Å². The van der Waals surface area contributed by atoms with Gasteiger partial charge in [0.2, 0.25) is 12.2 Å². The summed E-state index contributed by atoms with van der Waals surface area (Å²) in [7, 11) is 0. The van der Waals surface area contributed by atoms with E-state index in [1.165, 1.54) is 12.2 Å². The van der Waals surface area contributed by atoms with Crippen LogP contribution in [0.1, 0.15) is 0 Å². The monoisotopic (exact) mass is 196 g/mol. The summed E-state index contributed by atoms with van der Waals surface area (Å²) in [4.78, 5) is 26.5. The molecule has 0 N–H and O–H groups in total. The highest BCUT2D eigenvalue weighted by atomic mass is 35.5. The second kappa shape index (κ2) is 5.86. The summed E-state index contributed by atoms with van der Waals surface area (Å²) in [6, 6.07) is 6.47. The van der Waals surface area contributed by atoms with Gasteiger partial charge in [-0.05, 0) is 12.1 Å². The number of para-hydroxylation sites is 2. The molecule has 5 heteroatoms. The highest BCUT2D eigenvalue weighted by Gasteiger charge is 1.96. The van der Waals surface area contributed by atoms with Gasteiger partial charge in [0.1, 0.15) is 11.4 Å². The molecule has 0 saturated carbocycles. The molecule has 0 saturated heterocycles. The van der Waals surface area contributed by atoms with Crippen molar-refractivity contribution >= 4 is 35.9 Å². The lowest BCUT2D eigenvalue weighted by Crippen LogP contribution is -1.66. The molecule has 0 aliphatic carbocycles. The normalized spacial score (nSPS) is 7.38. The van der Waals surface area contributed by atoms with Gasteiger partial charge in [-0.3, -0.25) is 0 Å². The number of halogens is 1. The molecule has 66 valence electrons. The third-order valence-electron chi connectivity index (χ3n) is 1.21. The van der Waals surface area contributed by atoms with Crippen LogP contribution in [0.15, 0.2) is 34.3 Å². The number of benzene rings is 1. The van der Waals surface area contributed by atoms with E-state index in [-0.39, 0.29) is 12.4 Å². The molecule has 13 heavy (non-hydrogen) atoms. The summed E-state index contributed by atoms with van der Waals surface area (Å²) in [6.07, 6.45) is 2.74. The Labute approximate surface area is 80.4 Å². The van der Waals surface area contributed by atoms with Crippen LogP contribution in [0, 0.1) is 0 Å². The summed E-state index contributed by atoms with van der Waals surface area (Å²) in [5, 5.41) is 0. The molecule has 0 radical (unpaired) electrons. The largest absolute Gasteiger partial charge is 0.240 e. The third kappa shape index (κ3) is 3.01. The van der Waals surface area contributed by atoms with Crippen molar-refractivity contribution in [1.29, 1.82) is 0 Å². The molecule has 0 fully saturated rings. The zero-order valence-electron chi connectivity index (χ0n) is 6.43. The minimum absolute atomic E-state index is 0. The number of rotatable bonds is 2. The summed E-state index contributed by atoms with van der Waals surface area (Å²) in [5.74, 6) is 0. The fourth-order valence-corrected chi connectivity index (χ4v) is 0.752. The molecule has 1 aromatic rings. The zero-order valence-corrected chi connectivity index (χ0v) is 7.25. The maximum atomic E-state index is 9.90. The van der Waals surface area contributed by atoms with Crippen molar-refractivity contribution in [1.82, 2.24) is 0 Å². The van der Waals surface area contributed by atoms with Crippen LogP contribution >= 0.6 is 12.4 Å². The molecule has 0 aromatic heterocycles. The van der Waals surface area contributed by atoms with Crippen LogP contribution < -0.4 is 0 Å². The van der Waals surface area contributed by atoms with E-state index in [2.05, 4.69) is 9.98 Å². The van der Waals surface area contributed by atoms with Gasteiger partial charge in [0, 0.05) is 0 Å². The highest BCUT2D eigenvalue weighted by Crippen LogP contribution is 2.25. The molecular formula is C8H5ClN2O2. The van der Waals surface area contributed by atoms with Crippen molar-refractivity contribution in [2.24, 2.45) is 9.98 Å². The Morgan fingerprint density at radius 2 is 1.31 bits per heavy atom. The van der Waals surface area contributed by atoms with Gasteiger partial charge in [-0.1, -0.05) is 12.1 Å².